The maximum atomic E-state index is 14.8. The topological polar surface area (TPSA) is 56.8 Å². The van der Waals surface area contributed by atoms with Crippen LogP contribution in [0.5, 0.6) is 0 Å². The number of halogens is 3. The second-order valence-corrected chi connectivity index (χ2v) is 11.7. The van der Waals surface area contributed by atoms with Crippen LogP contribution in [0.4, 0.5) is 14.5 Å². The van der Waals surface area contributed by atoms with Gasteiger partial charge in [0.05, 0.1) is 16.6 Å². The molecule has 0 bridgehead atoms. The smallest absolute Gasteiger partial charge is 0.265 e. The number of rotatable bonds is 7. The van der Waals surface area contributed by atoms with Gasteiger partial charge < -0.3 is 4.90 Å². The van der Waals surface area contributed by atoms with Gasteiger partial charge in [0.1, 0.15) is 16.6 Å². The molecular formula is C23H25ClF2N4O2S2. The molecule has 1 aliphatic rings. The van der Waals surface area contributed by atoms with E-state index in [9.17, 15) is 17.2 Å². The average Bonchev–Trinajstić information content (AvgIpc) is 3.26. The molecule has 0 spiro atoms. The standard InChI is InChI=1S/C23H25ClF2N4O2S2/c1-16(23-27-14-19(33-23)15-29-11-9-28(2)10-12-29)30(22-13-18(25)5-8-21(22)26)34(31,32)20-6-3-17(24)4-7-20/h3-8,13-14,16H,9-12,15H2,1-2H3. The highest BCUT2D eigenvalue weighted by Gasteiger charge is 2.34. The lowest BCUT2D eigenvalue weighted by molar-refractivity contribution is 0.149. The van der Waals surface area contributed by atoms with Crippen LogP contribution >= 0.6 is 22.9 Å². The number of anilines is 1. The van der Waals surface area contributed by atoms with E-state index in [4.69, 9.17) is 11.6 Å². The Kier molecular flexibility index (Phi) is 7.54. The van der Waals surface area contributed by atoms with Gasteiger partial charge in [0.25, 0.3) is 10.0 Å². The summed E-state index contributed by atoms with van der Waals surface area (Å²) in [6.45, 7) is 6.16. The van der Waals surface area contributed by atoms with Gasteiger partial charge in [-0.05, 0) is 50.4 Å². The van der Waals surface area contributed by atoms with Crippen molar-refractivity contribution in [1.82, 2.24) is 14.8 Å². The molecule has 6 nitrogen and oxygen atoms in total. The van der Waals surface area contributed by atoms with Gasteiger partial charge in [-0.2, -0.15) is 0 Å². The molecule has 1 fully saturated rings. The molecular weight excluding hydrogens is 502 g/mol. The van der Waals surface area contributed by atoms with Crippen molar-refractivity contribution in [2.45, 2.75) is 24.4 Å². The third-order valence-corrected chi connectivity index (χ3v) is 9.08. The summed E-state index contributed by atoms with van der Waals surface area (Å²) in [4.78, 5) is 9.94. The Hall–Kier alpha value is -2.11. The minimum atomic E-state index is -4.26. The molecule has 0 N–H and O–H groups in total. The second-order valence-electron chi connectivity index (χ2n) is 8.27. The minimum absolute atomic E-state index is 0.0818. The molecule has 1 saturated heterocycles. The van der Waals surface area contributed by atoms with E-state index in [0.29, 0.717) is 16.6 Å². The normalized spacial score (nSPS) is 16.5. The summed E-state index contributed by atoms with van der Waals surface area (Å²) in [5, 5.41) is 0.856. The van der Waals surface area contributed by atoms with Crippen molar-refractivity contribution in [3.63, 3.8) is 0 Å². The number of likely N-dealkylation sites (N-methyl/N-ethyl adjacent to an activating group) is 1. The van der Waals surface area contributed by atoms with E-state index in [0.717, 1.165) is 53.6 Å². The van der Waals surface area contributed by atoms with E-state index < -0.39 is 27.7 Å². The molecule has 0 saturated carbocycles. The Morgan fingerprint density at radius 1 is 1.12 bits per heavy atom. The number of hydrogen-bond donors (Lipinski definition) is 0. The van der Waals surface area contributed by atoms with Gasteiger partial charge in [-0.1, -0.05) is 11.6 Å². The molecule has 1 aromatic heterocycles. The number of benzene rings is 2. The first kappa shape index (κ1) is 25.0. The summed E-state index contributed by atoms with van der Waals surface area (Å²) in [7, 11) is -2.17. The van der Waals surface area contributed by atoms with Gasteiger partial charge >= 0.3 is 0 Å². The van der Waals surface area contributed by atoms with Crippen molar-refractivity contribution < 1.29 is 17.2 Å². The zero-order valence-electron chi connectivity index (χ0n) is 18.8. The van der Waals surface area contributed by atoms with E-state index in [1.54, 1.807) is 13.1 Å². The van der Waals surface area contributed by atoms with Crippen LogP contribution in [-0.4, -0.2) is 56.4 Å². The number of piperazine rings is 1. The highest BCUT2D eigenvalue weighted by atomic mass is 35.5. The van der Waals surface area contributed by atoms with Crippen LogP contribution in [0.3, 0.4) is 0 Å². The van der Waals surface area contributed by atoms with Crippen molar-refractivity contribution in [1.29, 1.82) is 0 Å². The van der Waals surface area contributed by atoms with Crippen LogP contribution in [0.2, 0.25) is 5.02 Å². The summed E-state index contributed by atoms with van der Waals surface area (Å²) in [6, 6.07) is 7.45. The number of aromatic nitrogens is 1. The predicted octanol–water partition coefficient (Wildman–Crippen LogP) is 4.78. The van der Waals surface area contributed by atoms with E-state index in [1.165, 1.54) is 35.6 Å². The number of hydrogen-bond acceptors (Lipinski definition) is 6. The van der Waals surface area contributed by atoms with Crippen LogP contribution in [0.25, 0.3) is 0 Å². The Labute approximate surface area is 207 Å². The van der Waals surface area contributed by atoms with Gasteiger partial charge in [-0.25, -0.2) is 22.2 Å². The van der Waals surface area contributed by atoms with Gasteiger partial charge in [0.2, 0.25) is 0 Å². The van der Waals surface area contributed by atoms with E-state index in [1.807, 2.05) is 0 Å². The molecule has 0 aliphatic carbocycles. The highest BCUT2D eigenvalue weighted by molar-refractivity contribution is 7.92. The summed E-state index contributed by atoms with van der Waals surface area (Å²) in [6.07, 6.45) is 1.73. The zero-order chi connectivity index (χ0) is 24.5. The molecule has 0 amide bonds. The van der Waals surface area contributed by atoms with Gasteiger partial charge in [0.15, 0.2) is 0 Å². The lowest BCUT2D eigenvalue weighted by atomic mass is 10.2. The zero-order valence-corrected chi connectivity index (χ0v) is 21.2. The summed E-state index contributed by atoms with van der Waals surface area (Å²) < 4.78 is 57.1. The van der Waals surface area contributed by atoms with E-state index in [2.05, 4.69) is 21.8 Å². The molecule has 11 heteroatoms. The first-order valence-corrected chi connectivity index (χ1v) is 13.4. The second kappa shape index (κ2) is 10.2. The number of thiazole rings is 1. The fourth-order valence-electron chi connectivity index (χ4n) is 3.84. The Morgan fingerprint density at radius 2 is 1.79 bits per heavy atom. The lowest BCUT2D eigenvalue weighted by Crippen LogP contribution is -2.43. The van der Waals surface area contributed by atoms with Gasteiger partial charge in [0, 0.05) is 54.9 Å². The predicted molar refractivity (Wildman–Crippen MR) is 131 cm³/mol. The Bertz CT molecular complexity index is 1250. The molecule has 4 rings (SSSR count). The average molecular weight is 527 g/mol. The number of nitrogens with zero attached hydrogens (tertiary/aromatic N) is 4. The van der Waals surface area contributed by atoms with Crippen molar-refractivity contribution in [2.75, 3.05) is 37.5 Å². The summed E-state index contributed by atoms with van der Waals surface area (Å²) in [5.74, 6) is -1.59. The minimum Gasteiger partial charge on any atom is -0.304 e. The summed E-state index contributed by atoms with van der Waals surface area (Å²) in [5.41, 5.74) is -0.377. The SMILES string of the molecule is CC(c1ncc(CN2CCN(C)CC2)s1)N(c1cc(F)ccc1F)S(=O)(=O)c1ccc(Cl)cc1. The largest absolute Gasteiger partial charge is 0.304 e. The van der Waals surface area contributed by atoms with Gasteiger partial charge in [-0.3, -0.25) is 9.21 Å². The molecule has 2 heterocycles. The van der Waals surface area contributed by atoms with Gasteiger partial charge in [-0.15, -0.1) is 11.3 Å². The molecule has 34 heavy (non-hydrogen) atoms. The van der Waals surface area contributed by atoms with Crippen LogP contribution in [-0.2, 0) is 16.6 Å². The van der Waals surface area contributed by atoms with Crippen molar-refractivity contribution in [2.24, 2.45) is 0 Å². The molecule has 3 aromatic rings. The van der Waals surface area contributed by atoms with Crippen LogP contribution in [0, 0.1) is 11.6 Å². The maximum absolute atomic E-state index is 14.8. The van der Waals surface area contributed by atoms with Crippen molar-refractivity contribution in [3.05, 3.63) is 75.2 Å². The quantitative estimate of drug-likeness (QED) is 0.443. The molecule has 2 aromatic carbocycles. The molecule has 1 unspecified atom stereocenters. The third kappa shape index (κ3) is 5.41. The highest BCUT2D eigenvalue weighted by Crippen LogP contribution is 2.37. The van der Waals surface area contributed by atoms with Crippen LogP contribution < -0.4 is 4.31 Å². The fourth-order valence-corrected chi connectivity index (χ4v) is 6.65. The Balaban J connectivity index is 1.69. The van der Waals surface area contributed by atoms with Crippen LogP contribution in [0.15, 0.2) is 53.6 Å². The van der Waals surface area contributed by atoms with E-state index >= 15 is 0 Å². The monoisotopic (exact) mass is 526 g/mol. The molecule has 182 valence electrons. The molecule has 1 atom stereocenters. The van der Waals surface area contributed by atoms with Crippen molar-refractivity contribution in [3.8, 4) is 0 Å². The van der Waals surface area contributed by atoms with E-state index in [-0.39, 0.29) is 10.6 Å². The number of sulfonamides is 1. The first-order chi connectivity index (χ1) is 16.1. The molecule has 1 aliphatic heterocycles. The van der Waals surface area contributed by atoms with Crippen LogP contribution in [0.1, 0.15) is 22.9 Å². The maximum Gasteiger partial charge on any atom is 0.265 e. The fraction of sp³-hybridized carbons (Fsp3) is 0.348. The lowest BCUT2D eigenvalue weighted by Gasteiger charge is -2.31. The third-order valence-electron chi connectivity index (χ3n) is 5.77. The molecule has 0 radical (unpaired) electrons. The first-order valence-electron chi connectivity index (χ1n) is 10.8. The Morgan fingerprint density at radius 3 is 2.47 bits per heavy atom. The van der Waals surface area contributed by atoms with Crippen molar-refractivity contribution >= 4 is 38.6 Å². The summed E-state index contributed by atoms with van der Waals surface area (Å²) >= 11 is 7.29.